The first-order chi connectivity index (χ1) is 9.60. The molecule has 2 rings (SSSR count). The topological polar surface area (TPSA) is 71.8 Å². The third-order valence-corrected chi connectivity index (χ3v) is 2.87. The molecule has 0 saturated heterocycles. The van der Waals surface area contributed by atoms with Gasteiger partial charge in [0.2, 0.25) is 0 Å². The summed E-state index contributed by atoms with van der Waals surface area (Å²) in [7, 11) is 1.75. The standard InChI is InChI=1S/C13H16ClN5O/c1-3-5-15-11-8-9(7-10(14)17-11)13(20)18-12-4-6-16-19(12)2/h4,6-8H,3,5H2,1-2H3,(H,15,17)(H,18,20). The Morgan fingerprint density at radius 2 is 2.25 bits per heavy atom. The predicted molar refractivity (Wildman–Crippen MR) is 79.2 cm³/mol. The Bertz CT molecular complexity index is 611. The molecule has 0 aliphatic rings. The molecular formula is C13H16ClN5O. The lowest BCUT2D eigenvalue weighted by Gasteiger charge is -2.08. The smallest absolute Gasteiger partial charge is 0.257 e. The summed E-state index contributed by atoms with van der Waals surface area (Å²) in [6.07, 6.45) is 2.58. The van der Waals surface area contributed by atoms with Crippen LogP contribution < -0.4 is 10.6 Å². The number of aromatic nitrogens is 3. The van der Waals surface area contributed by atoms with Gasteiger partial charge in [0.15, 0.2) is 0 Å². The lowest BCUT2D eigenvalue weighted by atomic mass is 10.2. The summed E-state index contributed by atoms with van der Waals surface area (Å²) in [5.41, 5.74) is 0.449. The number of nitrogens with zero attached hydrogens (tertiary/aromatic N) is 3. The molecule has 0 aliphatic heterocycles. The Labute approximate surface area is 122 Å². The van der Waals surface area contributed by atoms with Crippen molar-refractivity contribution in [2.45, 2.75) is 13.3 Å². The van der Waals surface area contributed by atoms with Gasteiger partial charge in [0.1, 0.15) is 16.8 Å². The van der Waals surface area contributed by atoms with Crippen molar-refractivity contribution in [2.24, 2.45) is 7.05 Å². The third-order valence-electron chi connectivity index (χ3n) is 2.67. The number of pyridine rings is 1. The summed E-state index contributed by atoms with van der Waals surface area (Å²) in [5, 5.41) is 10.1. The van der Waals surface area contributed by atoms with Gasteiger partial charge in [-0.1, -0.05) is 18.5 Å². The maximum atomic E-state index is 12.2. The van der Waals surface area contributed by atoms with E-state index in [0.717, 1.165) is 13.0 Å². The van der Waals surface area contributed by atoms with Gasteiger partial charge in [0.05, 0.1) is 6.20 Å². The van der Waals surface area contributed by atoms with Crippen LogP contribution >= 0.6 is 11.6 Å². The highest BCUT2D eigenvalue weighted by molar-refractivity contribution is 6.30. The first-order valence-corrected chi connectivity index (χ1v) is 6.68. The summed E-state index contributed by atoms with van der Waals surface area (Å²) in [6, 6.07) is 4.93. The lowest BCUT2D eigenvalue weighted by Crippen LogP contribution is -2.15. The molecule has 0 unspecified atom stereocenters. The van der Waals surface area contributed by atoms with Crippen molar-refractivity contribution in [3.63, 3.8) is 0 Å². The quantitative estimate of drug-likeness (QED) is 0.831. The van der Waals surface area contributed by atoms with Gasteiger partial charge in [-0.3, -0.25) is 9.48 Å². The highest BCUT2D eigenvalue weighted by Crippen LogP contribution is 2.16. The molecule has 1 amide bonds. The fourth-order valence-corrected chi connectivity index (χ4v) is 1.87. The maximum absolute atomic E-state index is 12.2. The van der Waals surface area contributed by atoms with Crippen molar-refractivity contribution in [3.05, 3.63) is 35.1 Å². The number of aryl methyl sites for hydroxylation is 1. The third kappa shape index (κ3) is 3.48. The van der Waals surface area contributed by atoms with E-state index in [-0.39, 0.29) is 11.1 Å². The minimum Gasteiger partial charge on any atom is -0.370 e. The zero-order valence-corrected chi connectivity index (χ0v) is 12.1. The number of hydrogen-bond donors (Lipinski definition) is 2. The van der Waals surface area contributed by atoms with Crippen LogP contribution in [0.25, 0.3) is 0 Å². The monoisotopic (exact) mass is 293 g/mol. The fourth-order valence-electron chi connectivity index (χ4n) is 1.66. The van der Waals surface area contributed by atoms with E-state index < -0.39 is 0 Å². The first-order valence-electron chi connectivity index (χ1n) is 6.31. The molecular weight excluding hydrogens is 278 g/mol. The van der Waals surface area contributed by atoms with Crippen LogP contribution in [-0.4, -0.2) is 27.2 Å². The second-order valence-electron chi connectivity index (χ2n) is 4.28. The van der Waals surface area contributed by atoms with Crippen LogP contribution in [0.15, 0.2) is 24.4 Å². The van der Waals surface area contributed by atoms with Crippen molar-refractivity contribution < 1.29 is 4.79 Å². The van der Waals surface area contributed by atoms with Gasteiger partial charge in [-0.2, -0.15) is 5.10 Å². The normalized spacial score (nSPS) is 10.3. The van der Waals surface area contributed by atoms with E-state index in [9.17, 15) is 4.79 Å². The highest BCUT2D eigenvalue weighted by atomic mass is 35.5. The Balaban J connectivity index is 2.17. The Morgan fingerprint density at radius 3 is 2.90 bits per heavy atom. The molecule has 2 heterocycles. The molecule has 106 valence electrons. The Kier molecular flexibility index (Phi) is 4.57. The molecule has 0 radical (unpaired) electrons. The van der Waals surface area contributed by atoms with Crippen LogP contribution in [0, 0.1) is 0 Å². The summed E-state index contributed by atoms with van der Waals surface area (Å²) >= 11 is 5.94. The van der Waals surface area contributed by atoms with E-state index in [4.69, 9.17) is 11.6 Å². The average Bonchev–Trinajstić information content (AvgIpc) is 2.81. The minimum atomic E-state index is -0.252. The van der Waals surface area contributed by atoms with Crippen molar-refractivity contribution >= 4 is 29.1 Å². The van der Waals surface area contributed by atoms with Gasteiger partial charge in [-0.05, 0) is 18.6 Å². The number of carbonyl (C=O) groups is 1. The zero-order valence-electron chi connectivity index (χ0n) is 11.4. The fraction of sp³-hybridized carbons (Fsp3) is 0.308. The molecule has 6 nitrogen and oxygen atoms in total. The lowest BCUT2D eigenvalue weighted by molar-refractivity contribution is 0.102. The molecule has 20 heavy (non-hydrogen) atoms. The van der Waals surface area contributed by atoms with Gasteiger partial charge in [0.25, 0.3) is 5.91 Å². The van der Waals surface area contributed by atoms with E-state index in [0.29, 0.717) is 17.2 Å². The number of rotatable bonds is 5. The molecule has 0 aliphatic carbocycles. The number of carbonyl (C=O) groups excluding carboxylic acids is 1. The Hall–Kier alpha value is -2.08. The number of hydrogen-bond acceptors (Lipinski definition) is 4. The van der Waals surface area contributed by atoms with Crippen molar-refractivity contribution in [2.75, 3.05) is 17.2 Å². The molecule has 2 aromatic rings. The van der Waals surface area contributed by atoms with E-state index in [2.05, 4.69) is 20.7 Å². The molecule has 0 saturated carbocycles. The van der Waals surface area contributed by atoms with Crippen LogP contribution in [0.5, 0.6) is 0 Å². The van der Waals surface area contributed by atoms with Gasteiger partial charge >= 0.3 is 0 Å². The number of halogens is 1. The zero-order chi connectivity index (χ0) is 14.5. The summed E-state index contributed by atoms with van der Waals surface area (Å²) in [5.74, 6) is 0.956. The first kappa shape index (κ1) is 14.3. The molecule has 0 atom stereocenters. The summed E-state index contributed by atoms with van der Waals surface area (Å²) < 4.78 is 1.58. The van der Waals surface area contributed by atoms with Crippen LogP contribution in [0.2, 0.25) is 5.15 Å². The molecule has 2 aromatic heterocycles. The summed E-state index contributed by atoms with van der Waals surface area (Å²) in [4.78, 5) is 16.3. The second kappa shape index (κ2) is 6.38. The van der Waals surface area contributed by atoms with Crippen molar-refractivity contribution in [3.8, 4) is 0 Å². The van der Waals surface area contributed by atoms with Crippen molar-refractivity contribution in [1.82, 2.24) is 14.8 Å². The predicted octanol–water partition coefficient (Wildman–Crippen LogP) is 2.54. The van der Waals surface area contributed by atoms with E-state index >= 15 is 0 Å². The van der Waals surface area contributed by atoms with Gasteiger partial charge in [-0.15, -0.1) is 0 Å². The number of nitrogens with one attached hydrogen (secondary N) is 2. The average molecular weight is 294 g/mol. The van der Waals surface area contributed by atoms with E-state index in [1.165, 1.54) is 6.07 Å². The van der Waals surface area contributed by atoms with Gasteiger partial charge in [-0.25, -0.2) is 4.98 Å². The molecule has 7 heteroatoms. The van der Waals surface area contributed by atoms with Gasteiger partial charge in [0, 0.05) is 25.2 Å². The Morgan fingerprint density at radius 1 is 1.45 bits per heavy atom. The highest BCUT2D eigenvalue weighted by Gasteiger charge is 2.11. The van der Waals surface area contributed by atoms with Crippen LogP contribution in [0.1, 0.15) is 23.7 Å². The maximum Gasteiger partial charge on any atom is 0.257 e. The second-order valence-corrected chi connectivity index (χ2v) is 4.67. The van der Waals surface area contributed by atoms with Gasteiger partial charge < -0.3 is 10.6 Å². The van der Waals surface area contributed by atoms with Crippen LogP contribution in [0.4, 0.5) is 11.6 Å². The van der Waals surface area contributed by atoms with Crippen molar-refractivity contribution in [1.29, 1.82) is 0 Å². The number of anilines is 2. The molecule has 0 fully saturated rings. The SMILES string of the molecule is CCCNc1cc(C(=O)Nc2ccnn2C)cc(Cl)n1. The number of amides is 1. The molecule has 0 aromatic carbocycles. The largest absolute Gasteiger partial charge is 0.370 e. The summed E-state index contributed by atoms with van der Waals surface area (Å²) in [6.45, 7) is 2.82. The molecule has 0 bridgehead atoms. The molecule has 2 N–H and O–H groups in total. The molecule has 0 spiro atoms. The van der Waals surface area contributed by atoms with E-state index in [1.54, 1.807) is 30.1 Å². The van der Waals surface area contributed by atoms with Crippen LogP contribution in [-0.2, 0) is 7.05 Å². The van der Waals surface area contributed by atoms with Crippen LogP contribution in [0.3, 0.4) is 0 Å². The minimum absolute atomic E-state index is 0.252. The van der Waals surface area contributed by atoms with E-state index in [1.807, 2.05) is 6.92 Å².